The zero-order chi connectivity index (χ0) is 12.3. The van der Waals surface area contributed by atoms with Crippen LogP contribution in [0.15, 0.2) is 6.07 Å². The molecule has 0 aromatic carbocycles. The highest BCUT2D eigenvalue weighted by Gasteiger charge is 2.19. The van der Waals surface area contributed by atoms with Crippen LogP contribution in [-0.4, -0.2) is 18.1 Å². The van der Waals surface area contributed by atoms with Crippen molar-refractivity contribution in [3.8, 4) is 0 Å². The van der Waals surface area contributed by atoms with Gasteiger partial charge in [-0.25, -0.2) is 18.6 Å². The summed E-state index contributed by atoms with van der Waals surface area (Å²) < 4.78 is 29.4. The number of hydrogen-bond acceptors (Lipinski definition) is 5. The van der Waals surface area contributed by atoms with E-state index in [0.717, 1.165) is 13.2 Å². The van der Waals surface area contributed by atoms with Gasteiger partial charge in [0.25, 0.3) is 6.43 Å². The first kappa shape index (κ1) is 12.3. The highest BCUT2D eigenvalue weighted by Crippen LogP contribution is 2.24. The number of hydrogen-bond donors (Lipinski definition) is 2. The molecule has 0 unspecified atom stereocenters. The van der Waals surface area contributed by atoms with Crippen LogP contribution in [-0.2, 0) is 11.3 Å². The fourth-order valence-corrected chi connectivity index (χ4v) is 1.18. The summed E-state index contributed by atoms with van der Waals surface area (Å²) in [4.78, 5) is 14.8. The van der Waals surface area contributed by atoms with E-state index in [1.165, 1.54) is 0 Å². The molecule has 5 nitrogen and oxygen atoms in total. The lowest BCUT2D eigenvalue weighted by atomic mass is 10.1. The van der Waals surface area contributed by atoms with Gasteiger partial charge in [-0.1, -0.05) is 0 Å². The molecule has 0 bridgehead atoms. The summed E-state index contributed by atoms with van der Waals surface area (Å²) in [5, 5.41) is 0. The number of alkyl halides is 2. The minimum absolute atomic E-state index is 0.0289. The van der Waals surface area contributed by atoms with Gasteiger partial charge in [-0.2, -0.15) is 0 Å². The van der Waals surface area contributed by atoms with Gasteiger partial charge in [-0.3, -0.25) is 0 Å². The van der Waals surface area contributed by atoms with Crippen molar-refractivity contribution in [3.63, 3.8) is 0 Å². The van der Waals surface area contributed by atoms with E-state index in [2.05, 4.69) is 9.72 Å². The maximum atomic E-state index is 12.5. The molecule has 16 heavy (non-hydrogen) atoms. The van der Waals surface area contributed by atoms with E-state index < -0.39 is 18.1 Å². The molecule has 7 heteroatoms. The zero-order valence-corrected chi connectivity index (χ0v) is 8.54. The number of pyridine rings is 1. The highest BCUT2D eigenvalue weighted by molar-refractivity contribution is 5.95. The Kier molecular flexibility index (Phi) is 3.73. The number of nitrogen functional groups attached to an aromatic ring is 1. The van der Waals surface area contributed by atoms with E-state index >= 15 is 0 Å². The lowest BCUT2D eigenvalue weighted by molar-refractivity contribution is 0.0601. The van der Waals surface area contributed by atoms with Crippen molar-refractivity contribution in [2.24, 2.45) is 5.73 Å². The van der Waals surface area contributed by atoms with Crippen LogP contribution in [0.2, 0.25) is 0 Å². The van der Waals surface area contributed by atoms with Crippen LogP contribution >= 0.6 is 0 Å². The second kappa shape index (κ2) is 4.84. The van der Waals surface area contributed by atoms with Crippen LogP contribution in [0.25, 0.3) is 0 Å². The van der Waals surface area contributed by atoms with Crippen molar-refractivity contribution in [1.82, 2.24) is 4.98 Å². The molecule has 0 fully saturated rings. The predicted molar refractivity (Wildman–Crippen MR) is 52.8 cm³/mol. The molecular formula is C9H11F2N3O2. The summed E-state index contributed by atoms with van der Waals surface area (Å²) in [6.07, 6.45) is -2.80. The number of nitrogens with zero attached hydrogens (tertiary/aromatic N) is 1. The number of esters is 1. The van der Waals surface area contributed by atoms with E-state index in [1.54, 1.807) is 0 Å². The second-order valence-corrected chi connectivity index (χ2v) is 2.95. The van der Waals surface area contributed by atoms with Gasteiger partial charge in [-0.15, -0.1) is 0 Å². The molecule has 1 aromatic heterocycles. The van der Waals surface area contributed by atoms with Crippen LogP contribution in [0.4, 0.5) is 14.5 Å². The first-order valence-corrected chi connectivity index (χ1v) is 4.37. The van der Waals surface area contributed by atoms with Crippen LogP contribution in [0.3, 0.4) is 0 Å². The Morgan fingerprint density at radius 1 is 1.62 bits per heavy atom. The van der Waals surface area contributed by atoms with Gasteiger partial charge in [0.05, 0.1) is 24.1 Å². The molecular weight excluding hydrogens is 220 g/mol. The molecule has 0 saturated carbocycles. The number of aromatic nitrogens is 1. The molecule has 88 valence electrons. The normalized spacial score (nSPS) is 10.6. The van der Waals surface area contributed by atoms with Crippen molar-refractivity contribution in [2.45, 2.75) is 13.0 Å². The van der Waals surface area contributed by atoms with Crippen molar-refractivity contribution >= 4 is 11.7 Å². The molecule has 0 aliphatic rings. The minimum Gasteiger partial charge on any atom is -0.465 e. The van der Waals surface area contributed by atoms with Crippen LogP contribution in [0.5, 0.6) is 0 Å². The third-order valence-electron chi connectivity index (χ3n) is 1.98. The third kappa shape index (κ3) is 2.25. The lowest BCUT2D eigenvalue weighted by Crippen LogP contribution is -2.13. The fraction of sp³-hybridized carbons (Fsp3) is 0.333. The third-order valence-corrected chi connectivity index (χ3v) is 1.98. The predicted octanol–water partition coefficient (Wildman–Crippen LogP) is 0.847. The van der Waals surface area contributed by atoms with Crippen molar-refractivity contribution in [1.29, 1.82) is 0 Å². The number of nitrogens with two attached hydrogens (primary N) is 2. The molecule has 0 aliphatic carbocycles. The highest BCUT2D eigenvalue weighted by atomic mass is 19.3. The SMILES string of the molecule is COC(=O)c1cc(C(F)F)nc(CN)c1N. The van der Waals surface area contributed by atoms with Crippen LogP contribution in [0, 0.1) is 0 Å². The topological polar surface area (TPSA) is 91.2 Å². The Bertz CT molecular complexity index is 410. The van der Waals surface area contributed by atoms with E-state index in [4.69, 9.17) is 11.5 Å². The quantitative estimate of drug-likeness (QED) is 0.752. The Morgan fingerprint density at radius 3 is 2.69 bits per heavy atom. The first-order valence-electron chi connectivity index (χ1n) is 4.37. The van der Waals surface area contributed by atoms with Crippen LogP contribution < -0.4 is 11.5 Å². The first-order chi connectivity index (χ1) is 7.51. The van der Waals surface area contributed by atoms with E-state index in [1.807, 2.05) is 0 Å². The number of halogens is 2. The number of carbonyl (C=O) groups excluding carboxylic acids is 1. The van der Waals surface area contributed by atoms with E-state index in [9.17, 15) is 13.6 Å². The summed E-state index contributed by atoms with van der Waals surface area (Å²) in [5.41, 5.74) is 10.2. The number of rotatable bonds is 3. The Labute approximate surface area is 90.4 Å². The average molecular weight is 231 g/mol. The molecule has 0 saturated heterocycles. The summed E-state index contributed by atoms with van der Waals surface area (Å²) in [6.45, 7) is -0.129. The Hall–Kier alpha value is -1.76. The van der Waals surface area contributed by atoms with Gasteiger partial charge >= 0.3 is 5.97 Å². The molecule has 0 amide bonds. The molecule has 1 aromatic rings. The van der Waals surface area contributed by atoms with Crippen molar-refractivity contribution < 1.29 is 18.3 Å². The van der Waals surface area contributed by atoms with E-state index in [-0.39, 0.29) is 23.5 Å². The van der Waals surface area contributed by atoms with E-state index in [0.29, 0.717) is 0 Å². The minimum atomic E-state index is -2.80. The number of ether oxygens (including phenoxy) is 1. The standard InChI is InChI=1S/C9H11F2N3O2/c1-16-9(15)4-2-5(8(10)11)14-6(3-12)7(4)13/h2,8H,3,12-13H2,1H3. The monoisotopic (exact) mass is 231 g/mol. The van der Waals surface area contributed by atoms with Gasteiger partial charge in [-0.05, 0) is 6.07 Å². The van der Waals surface area contributed by atoms with Gasteiger partial charge in [0.2, 0.25) is 0 Å². The number of methoxy groups -OCH3 is 1. The molecule has 0 spiro atoms. The Balaban J connectivity index is 3.35. The molecule has 0 atom stereocenters. The van der Waals surface area contributed by atoms with Crippen molar-refractivity contribution in [2.75, 3.05) is 12.8 Å². The molecule has 0 aliphatic heterocycles. The summed E-state index contributed by atoms with van der Waals surface area (Å²) in [5.74, 6) is -0.795. The summed E-state index contributed by atoms with van der Waals surface area (Å²) >= 11 is 0. The van der Waals surface area contributed by atoms with Gasteiger partial charge in [0.15, 0.2) is 0 Å². The summed E-state index contributed by atoms with van der Waals surface area (Å²) in [6, 6.07) is 0.908. The second-order valence-electron chi connectivity index (χ2n) is 2.95. The fourth-order valence-electron chi connectivity index (χ4n) is 1.18. The maximum absolute atomic E-state index is 12.5. The molecule has 1 rings (SSSR count). The zero-order valence-electron chi connectivity index (χ0n) is 8.54. The number of carbonyl (C=O) groups is 1. The molecule has 0 radical (unpaired) electrons. The molecule has 1 heterocycles. The van der Waals surface area contributed by atoms with Gasteiger partial charge in [0, 0.05) is 6.54 Å². The lowest BCUT2D eigenvalue weighted by Gasteiger charge is -2.10. The van der Waals surface area contributed by atoms with Gasteiger partial charge in [0.1, 0.15) is 5.69 Å². The molecule has 4 N–H and O–H groups in total. The number of anilines is 1. The van der Waals surface area contributed by atoms with Crippen molar-refractivity contribution in [3.05, 3.63) is 23.0 Å². The smallest absolute Gasteiger partial charge is 0.340 e. The average Bonchev–Trinajstić information content (AvgIpc) is 2.28. The maximum Gasteiger partial charge on any atom is 0.340 e. The van der Waals surface area contributed by atoms with Crippen LogP contribution in [0.1, 0.15) is 28.2 Å². The Morgan fingerprint density at radius 2 is 2.25 bits per heavy atom. The largest absolute Gasteiger partial charge is 0.465 e. The van der Waals surface area contributed by atoms with Gasteiger partial charge < -0.3 is 16.2 Å². The summed E-state index contributed by atoms with van der Waals surface area (Å²) in [7, 11) is 1.13.